The Morgan fingerprint density at radius 3 is 2.46 bits per heavy atom. The van der Waals surface area contributed by atoms with Gasteiger partial charge < -0.3 is 15.5 Å². The lowest BCUT2D eigenvalue weighted by Gasteiger charge is -2.26. The lowest BCUT2D eigenvalue weighted by Crippen LogP contribution is -2.46. The van der Waals surface area contributed by atoms with E-state index in [0.29, 0.717) is 12.2 Å². The third-order valence-electron chi connectivity index (χ3n) is 3.92. The van der Waals surface area contributed by atoms with Gasteiger partial charge in [-0.05, 0) is 52.7 Å². The molecule has 1 aliphatic carbocycles. The monoisotopic (exact) mass is 362 g/mol. The van der Waals surface area contributed by atoms with Gasteiger partial charge in [-0.3, -0.25) is 19.7 Å². The molecule has 0 saturated heterocycles. The molecule has 0 spiro atoms. The minimum Gasteiger partial charge on any atom is -0.357 e. The number of nitro groups is 1. The Hall–Kier alpha value is -2.64. The molecule has 2 rings (SSSR count). The Balaban J connectivity index is 2.23. The van der Waals surface area contributed by atoms with E-state index in [0.717, 1.165) is 12.8 Å². The van der Waals surface area contributed by atoms with Gasteiger partial charge in [-0.15, -0.1) is 0 Å². The molecular weight excluding hydrogens is 336 g/mol. The number of nitrogens with zero attached hydrogens (tertiary/aromatic N) is 2. The number of likely N-dealkylation sites (N-methyl/N-ethyl adjacent to an activating group) is 1. The molecule has 2 N–H and O–H groups in total. The molecular formula is C18H26N4O4. The van der Waals surface area contributed by atoms with Crippen molar-refractivity contribution in [2.75, 3.05) is 18.0 Å². The van der Waals surface area contributed by atoms with E-state index in [9.17, 15) is 19.7 Å². The second-order valence-electron chi connectivity index (χ2n) is 7.52. The number of carbonyl (C=O) groups excluding carboxylic acids is 2. The topological polar surface area (TPSA) is 105 Å². The van der Waals surface area contributed by atoms with E-state index < -0.39 is 4.92 Å². The van der Waals surface area contributed by atoms with Crippen LogP contribution in [0.25, 0.3) is 0 Å². The number of carbonyl (C=O) groups is 2. The number of benzene rings is 1. The predicted molar refractivity (Wildman–Crippen MR) is 99.4 cm³/mol. The fourth-order valence-corrected chi connectivity index (χ4v) is 2.57. The van der Waals surface area contributed by atoms with Gasteiger partial charge in [-0.2, -0.15) is 0 Å². The van der Waals surface area contributed by atoms with E-state index >= 15 is 0 Å². The summed E-state index contributed by atoms with van der Waals surface area (Å²) in [5.41, 5.74) is 0.0126. The van der Waals surface area contributed by atoms with Crippen LogP contribution in [0.5, 0.6) is 0 Å². The maximum atomic E-state index is 12.2. The first-order valence-electron chi connectivity index (χ1n) is 8.76. The highest BCUT2D eigenvalue weighted by atomic mass is 16.6. The van der Waals surface area contributed by atoms with Crippen molar-refractivity contribution in [2.45, 2.75) is 52.1 Å². The summed E-state index contributed by atoms with van der Waals surface area (Å²) in [6.07, 6.45) is 1.89. The molecule has 8 nitrogen and oxygen atoms in total. The molecule has 0 heterocycles. The first-order valence-corrected chi connectivity index (χ1v) is 8.76. The van der Waals surface area contributed by atoms with Gasteiger partial charge in [0.25, 0.3) is 11.6 Å². The Bertz CT molecular complexity index is 708. The van der Waals surface area contributed by atoms with Crippen LogP contribution < -0.4 is 15.5 Å². The van der Waals surface area contributed by atoms with Crippen LogP contribution in [-0.4, -0.2) is 41.4 Å². The zero-order valence-corrected chi connectivity index (χ0v) is 15.7. The van der Waals surface area contributed by atoms with Gasteiger partial charge in [0.1, 0.15) is 5.69 Å². The highest BCUT2D eigenvalue weighted by Gasteiger charge is 2.27. The molecule has 8 heteroatoms. The van der Waals surface area contributed by atoms with Gasteiger partial charge in [0, 0.05) is 29.8 Å². The molecule has 1 saturated carbocycles. The average Bonchev–Trinajstić information content (AvgIpc) is 3.34. The minimum atomic E-state index is -0.520. The Morgan fingerprint density at radius 2 is 1.96 bits per heavy atom. The second-order valence-corrected chi connectivity index (χ2v) is 7.52. The Kier molecular flexibility index (Phi) is 5.84. The summed E-state index contributed by atoms with van der Waals surface area (Å²) in [7, 11) is 0. The number of anilines is 1. The Labute approximate surface area is 153 Å². The molecule has 0 atom stereocenters. The maximum Gasteiger partial charge on any atom is 0.293 e. The van der Waals surface area contributed by atoms with Gasteiger partial charge in [-0.1, -0.05) is 0 Å². The molecule has 0 radical (unpaired) electrons. The number of hydrogen-bond acceptors (Lipinski definition) is 5. The van der Waals surface area contributed by atoms with Crippen LogP contribution in [0.3, 0.4) is 0 Å². The first-order chi connectivity index (χ1) is 12.1. The van der Waals surface area contributed by atoms with E-state index in [1.807, 2.05) is 27.7 Å². The summed E-state index contributed by atoms with van der Waals surface area (Å²) in [6, 6.07) is 4.55. The highest BCUT2D eigenvalue weighted by Crippen LogP contribution is 2.29. The summed E-state index contributed by atoms with van der Waals surface area (Å²) in [5.74, 6) is -0.528. The van der Waals surface area contributed by atoms with Crippen LogP contribution in [-0.2, 0) is 4.79 Å². The van der Waals surface area contributed by atoms with Crippen molar-refractivity contribution in [3.05, 3.63) is 33.9 Å². The lowest BCUT2D eigenvalue weighted by molar-refractivity contribution is -0.384. The van der Waals surface area contributed by atoms with Crippen LogP contribution in [0.1, 0.15) is 50.9 Å². The van der Waals surface area contributed by atoms with Crippen molar-refractivity contribution in [1.29, 1.82) is 0 Å². The predicted octanol–water partition coefficient (Wildman–Crippen LogP) is 2.23. The van der Waals surface area contributed by atoms with E-state index in [-0.39, 0.29) is 41.2 Å². The van der Waals surface area contributed by atoms with Crippen molar-refractivity contribution in [2.24, 2.45) is 0 Å². The summed E-state index contributed by atoms with van der Waals surface area (Å²) in [5, 5.41) is 17.2. The normalized spacial score (nSPS) is 13.8. The van der Waals surface area contributed by atoms with Crippen molar-refractivity contribution in [3.63, 3.8) is 0 Å². The quantitative estimate of drug-likeness (QED) is 0.572. The molecule has 0 bridgehead atoms. The number of nitrogens with one attached hydrogen (secondary N) is 2. The van der Waals surface area contributed by atoms with Crippen LogP contribution in [0.2, 0.25) is 0 Å². The summed E-state index contributed by atoms with van der Waals surface area (Å²) in [6.45, 7) is 7.86. The number of nitro benzene ring substituents is 1. The fraction of sp³-hybridized carbons (Fsp3) is 0.556. The largest absolute Gasteiger partial charge is 0.357 e. The van der Waals surface area contributed by atoms with Crippen LogP contribution in [0.4, 0.5) is 11.4 Å². The van der Waals surface area contributed by atoms with Crippen LogP contribution in [0, 0.1) is 10.1 Å². The minimum absolute atomic E-state index is 0.00221. The van der Waals surface area contributed by atoms with Crippen molar-refractivity contribution < 1.29 is 14.5 Å². The van der Waals surface area contributed by atoms with Crippen LogP contribution in [0.15, 0.2) is 18.2 Å². The molecule has 0 unspecified atom stereocenters. The maximum absolute atomic E-state index is 12.2. The van der Waals surface area contributed by atoms with Gasteiger partial charge >= 0.3 is 0 Å². The van der Waals surface area contributed by atoms with Crippen molar-refractivity contribution in [3.8, 4) is 0 Å². The number of hydrogen-bond donors (Lipinski definition) is 2. The zero-order valence-electron chi connectivity index (χ0n) is 15.7. The van der Waals surface area contributed by atoms with Gasteiger partial charge in [0.15, 0.2) is 0 Å². The van der Waals surface area contributed by atoms with Gasteiger partial charge in [0.05, 0.1) is 11.5 Å². The van der Waals surface area contributed by atoms with Crippen molar-refractivity contribution >= 4 is 23.2 Å². The summed E-state index contributed by atoms with van der Waals surface area (Å²) >= 11 is 0. The third-order valence-corrected chi connectivity index (χ3v) is 3.92. The van der Waals surface area contributed by atoms with E-state index in [1.165, 1.54) is 12.1 Å². The van der Waals surface area contributed by atoms with E-state index in [1.54, 1.807) is 11.0 Å². The summed E-state index contributed by atoms with van der Waals surface area (Å²) in [4.78, 5) is 37.0. The molecule has 1 aliphatic rings. The molecule has 1 fully saturated rings. The molecule has 0 aliphatic heterocycles. The molecule has 1 aromatic rings. The zero-order chi connectivity index (χ0) is 19.5. The highest BCUT2D eigenvalue weighted by molar-refractivity contribution is 5.96. The SMILES string of the molecule is CCN(CC(=O)NC(C)(C)C)c1ccc(C(=O)NC2CC2)cc1[N+](=O)[O-]. The smallest absolute Gasteiger partial charge is 0.293 e. The summed E-state index contributed by atoms with van der Waals surface area (Å²) < 4.78 is 0. The standard InChI is InChI=1S/C18H26N4O4/c1-5-21(11-16(23)20-18(2,3)4)14-9-6-12(10-15(14)22(25)26)17(24)19-13-7-8-13/h6,9-10,13H,5,7-8,11H2,1-4H3,(H,19,24)(H,20,23). The fourth-order valence-electron chi connectivity index (χ4n) is 2.57. The first kappa shape index (κ1) is 19.7. The second kappa shape index (κ2) is 7.72. The molecule has 2 amide bonds. The van der Waals surface area contributed by atoms with Crippen molar-refractivity contribution in [1.82, 2.24) is 10.6 Å². The number of amides is 2. The van der Waals surface area contributed by atoms with E-state index in [2.05, 4.69) is 10.6 Å². The lowest BCUT2D eigenvalue weighted by atomic mass is 10.1. The molecule has 0 aromatic heterocycles. The molecule has 142 valence electrons. The third kappa shape index (κ3) is 5.44. The van der Waals surface area contributed by atoms with Gasteiger partial charge in [0.2, 0.25) is 5.91 Å². The van der Waals surface area contributed by atoms with E-state index in [4.69, 9.17) is 0 Å². The Morgan fingerprint density at radius 1 is 1.31 bits per heavy atom. The molecule has 1 aromatic carbocycles. The molecule has 26 heavy (non-hydrogen) atoms. The number of rotatable bonds is 7. The van der Waals surface area contributed by atoms with Gasteiger partial charge in [-0.25, -0.2) is 0 Å². The average molecular weight is 362 g/mol. The van der Waals surface area contributed by atoms with Crippen LogP contribution >= 0.6 is 0 Å².